The molecule has 27 heteroatoms. The van der Waals surface area contributed by atoms with Crippen molar-refractivity contribution in [3.05, 3.63) is 117 Å². The molecule has 0 bridgehead atoms. The standard InChI is InChI=1S/C17H19BClN3O3.C16H16ClN3O2.C7H8ClNO.C2HF3O2.C2HF3O.C2H6.CH3F/c1-18(24)22-9-8-12-13(4-3-5-15(12)22)20-17(23)21-14-10-11(19)6-7-16(14)25-2;1-22-15-6-5-10(17)9-14(15)20-16(21)19-13-4-2-3-12-11(13)7-8-18-12;1-10-7-3-2-5(8)4-6(7)9;3-2(4,5)1(6)7;3-2(4,5)1-6;2*1-2/h3-7,10,24H,8-9H2,1-2H3,(H2,20,21,23);2-6,9,18H,7-8H2,1H3,(H2,19,20,21);2-4H,9H2,1H3;(H,6,7);1H;1-2H3;1H3/i;;;;;2*1D. The molecule has 0 saturated carbocycles. The number of aldehydes is 1. The maximum absolute atomic E-state index is 12.4. The number of carboxylic acid groups (broad SMARTS) is 1. The summed E-state index contributed by atoms with van der Waals surface area (Å²) in [6.45, 7) is 5.63. The summed E-state index contributed by atoms with van der Waals surface area (Å²) in [6.07, 6.45) is -9.13. The minimum absolute atomic E-state index is 0.333. The van der Waals surface area contributed by atoms with Crippen LogP contribution in [0, 0.1) is 0 Å². The Balaban J connectivity index is 0.000000509. The number of benzene rings is 5. The molecule has 0 fully saturated rings. The number of ether oxygens (including phenoxy) is 3. The molecule has 0 aromatic heterocycles. The number of hydrogen-bond acceptors (Lipinski definition) is 11. The van der Waals surface area contributed by atoms with Crippen LogP contribution in [-0.4, -0.2) is 95.4 Å². The Morgan fingerprint density at radius 3 is 1.55 bits per heavy atom. The summed E-state index contributed by atoms with van der Waals surface area (Å²) >= 11 is 17.6. The summed E-state index contributed by atoms with van der Waals surface area (Å²) in [6, 6.07) is 25.9. The van der Waals surface area contributed by atoms with Crippen molar-refractivity contribution in [1.82, 2.24) is 0 Å². The lowest BCUT2D eigenvalue weighted by molar-refractivity contribution is -0.192. The van der Waals surface area contributed by atoms with Crippen molar-refractivity contribution in [1.29, 1.82) is 0 Å². The van der Waals surface area contributed by atoms with Crippen LogP contribution in [0.4, 0.5) is 80.1 Å². The highest BCUT2D eigenvalue weighted by atomic mass is 35.5. The third kappa shape index (κ3) is 22.0. The number of urea groups is 2. The molecule has 0 atom stereocenters. The quantitative estimate of drug-likeness (QED) is 0.0314. The number of hydrogen-bond donors (Lipinski definition) is 8. The maximum atomic E-state index is 12.4. The van der Waals surface area contributed by atoms with Crippen molar-refractivity contribution in [3.8, 4) is 17.2 Å². The van der Waals surface area contributed by atoms with Gasteiger partial charge < -0.3 is 61.5 Å². The molecule has 0 aliphatic carbocycles. The van der Waals surface area contributed by atoms with Crippen LogP contribution in [0.3, 0.4) is 0 Å². The number of nitrogens with two attached hydrogens (primary N) is 1. The van der Waals surface area contributed by atoms with Crippen molar-refractivity contribution in [3.63, 3.8) is 0 Å². The SMILES string of the molecule is COc1ccc(Cl)cc1N.COc1ccc(Cl)cc1NC(=O)Nc1cccc2c1CCN2.COc1ccc(Cl)cc1NC(=O)Nc1cccc2c1CCN2B(C)O.O=C(O)C(F)(F)F.O=CC(F)(F)F.[2H]CC.[2H]CF. The molecule has 0 radical (unpaired) electrons. The third-order valence-corrected chi connectivity index (χ3v) is 9.97. The van der Waals surface area contributed by atoms with Crippen molar-refractivity contribution < 1.29 is 77.0 Å². The fourth-order valence-corrected chi connectivity index (χ4v) is 6.76. The first-order valence-corrected chi connectivity index (χ1v) is 22.2. The number of carboxylic acids is 1. The molecule has 0 saturated heterocycles. The molecule has 5 aromatic rings. The summed E-state index contributed by atoms with van der Waals surface area (Å²) in [4.78, 5) is 44.1. The number of alkyl halides is 7. The normalized spacial score (nSPS) is 11.6. The van der Waals surface area contributed by atoms with Gasteiger partial charge in [0.1, 0.15) is 17.2 Å². The molecular weight excluding hydrogens is 1060 g/mol. The van der Waals surface area contributed by atoms with Gasteiger partial charge in [0.15, 0.2) is 0 Å². The Morgan fingerprint density at radius 2 is 1.15 bits per heavy atom. The highest BCUT2D eigenvalue weighted by Crippen LogP contribution is 2.35. The molecule has 4 amide bonds. The van der Waals surface area contributed by atoms with Crippen LogP contribution in [0.1, 0.15) is 27.7 Å². The lowest BCUT2D eigenvalue weighted by atomic mass is 9.85. The van der Waals surface area contributed by atoms with E-state index in [2.05, 4.69) is 26.6 Å². The molecule has 16 nitrogen and oxygen atoms in total. The van der Waals surface area contributed by atoms with Gasteiger partial charge in [-0.2, -0.15) is 26.3 Å². The number of nitrogens with one attached hydrogen (secondary N) is 5. The zero-order valence-electron chi connectivity index (χ0n) is 42.1. The summed E-state index contributed by atoms with van der Waals surface area (Å²) in [5.74, 6) is -1.02. The predicted molar refractivity (Wildman–Crippen MR) is 278 cm³/mol. The van der Waals surface area contributed by atoms with Crippen molar-refractivity contribution in [2.45, 2.75) is 45.8 Å². The summed E-state index contributed by atoms with van der Waals surface area (Å²) in [5.41, 5.74) is 12.8. The van der Waals surface area contributed by atoms with E-state index in [1.807, 2.05) is 41.2 Å². The number of carbonyl (C=O) groups excluding carboxylic acids is 3. The van der Waals surface area contributed by atoms with Crippen molar-refractivity contribution in [2.75, 3.05) is 78.7 Å². The molecule has 404 valence electrons. The maximum Gasteiger partial charge on any atom is 0.490 e. The van der Waals surface area contributed by atoms with Gasteiger partial charge in [-0.15, -0.1) is 0 Å². The third-order valence-electron chi connectivity index (χ3n) is 9.26. The molecule has 0 spiro atoms. The second-order valence-electron chi connectivity index (χ2n) is 14.1. The molecule has 5 aromatic carbocycles. The number of methoxy groups -OCH3 is 3. The summed E-state index contributed by atoms with van der Waals surface area (Å²) in [5, 5.41) is 33.2. The van der Waals surface area contributed by atoms with Crippen LogP contribution in [-0.2, 0) is 22.4 Å². The lowest BCUT2D eigenvalue weighted by Crippen LogP contribution is -2.35. The highest BCUT2D eigenvalue weighted by Gasteiger charge is 2.38. The Labute approximate surface area is 440 Å². The van der Waals surface area contributed by atoms with Gasteiger partial charge in [-0.1, -0.05) is 60.8 Å². The largest absolute Gasteiger partial charge is 0.495 e. The number of nitrogens with zero attached hydrogens (tertiary/aromatic N) is 1. The Morgan fingerprint density at radius 1 is 0.743 bits per heavy atom. The monoisotopic (exact) mass is 1110 g/mol. The van der Waals surface area contributed by atoms with Crippen LogP contribution < -0.4 is 51.3 Å². The molecule has 0 unspecified atom stereocenters. The minimum atomic E-state index is -5.08. The zero-order valence-corrected chi connectivity index (χ0v) is 42.4. The van der Waals surface area contributed by atoms with Gasteiger partial charge in [0, 0.05) is 57.8 Å². The van der Waals surface area contributed by atoms with E-state index in [1.54, 1.807) is 82.6 Å². The van der Waals surface area contributed by atoms with E-state index in [4.69, 9.17) is 72.2 Å². The van der Waals surface area contributed by atoms with Gasteiger partial charge in [0.05, 0.1) is 46.9 Å². The molecule has 2 aliphatic rings. The fourth-order valence-electron chi connectivity index (χ4n) is 6.24. The van der Waals surface area contributed by atoms with Gasteiger partial charge in [0.25, 0.3) is 0 Å². The first-order chi connectivity index (χ1) is 35.7. The number of halogens is 10. The van der Waals surface area contributed by atoms with E-state index in [0.717, 1.165) is 59.8 Å². The van der Waals surface area contributed by atoms with E-state index >= 15 is 0 Å². The van der Waals surface area contributed by atoms with Gasteiger partial charge >= 0.3 is 37.4 Å². The number of nitrogen functional groups attached to an aromatic ring is 1. The van der Waals surface area contributed by atoms with Crippen LogP contribution in [0.2, 0.25) is 21.9 Å². The Bertz CT molecular complexity index is 2650. The van der Waals surface area contributed by atoms with Gasteiger partial charge in [-0.3, -0.25) is 9.18 Å². The van der Waals surface area contributed by atoms with Crippen LogP contribution in [0.15, 0.2) is 91.0 Å². The van der Waals surface area contributed by atoms with Crippen LogP contribution in [0.5, 0.6) is 17.2 Å². The first kappa shape index (κ1) is 61.3. The van der Waals surface area contributed by atoms with E-state index in [9.17, 15) is 45.3 Å². The molecule has 74 heavy (non-hydrogen) atoms. The molecular formula is C47H54BCl3F7N7O9. The average Bonchev–Trinajstić information content (AvgIpc) is 4.02. The van der Waals surface area contributed by atoms with Gasteiger partial charge in [-0.25, -0.2) is 14.4 Å². The zero-order chi connectivity index (χ0) is 57.8. The smallest absolute Gasteiger partial charge is 0.490 e. The first-order valence-electron chi connectivity index (χ1n) is 22.5. The number of anilines is 7. The topological polar surface area (TPSA) is 226 Å². The summed E-state index contributed by atoms with van der Waals surface area (Å²) in [7, 11) is 3.07. The molecule has 7 rings (SSSR count). The summed E-state index contributed by atoms with van der Waals surface area (Å²) < 4.78 is 100. The number of carbonyl (C=O) groups is 4. The van der Waals surface area contributed by atoms with Crippen molar-refractivity contribution in [2.24, 2.45) is 0 Å². The van der Waals surface area contributed by atoms with E-state index < -0.39 is 38.8 Å². The fraction of sp³-hybridized carbons (Fsp3) is 0.277. The molecule has 2 heterocycles. The Kier molecular flexibility index (Phi) is 26.7. The number of rotatable bonds is 8. The number of aliphatic carboxylic acids is 1. The molecule has 9 N–H and O–H groups in total. The second kappa shape index (κ2) is 32.2. The van der Waals surface area contributed by atoms with Gasteiger partial charge in [-0.05, 0) is 104 Å². The Hall–Kier alpha value is -7.02. The highest BCUT2D eigenvalue weighted by molar-refractivity contribution is 6.54. The number of fused-ring (bicyclic) bond motifs is 2. The predicted octanol–water partition coefficient (Wildman–Crippen LogP) is 12.3. The minimum Gasteiger partial charge on any atom is -0.495 e. The van der Waals surface area contributed by atoms with E-state index in [-0.39, 0.29) is 12.1 Å². The average molecular weight is 1110 g/mol. The lowest BCUT2D eigenvalue weighted by Gasteiger charge is -2.20. The van der Waals surface area contributed by atoms with E-state index in [0.29, 0.717) is 56.3 Å². The van der Waals surface area contributed by atoms with Crippen LogP contribution >= 0.6 is 34.8 Å². The van der Waals surface area contributed by atoms with E-state index in [1.165, 1.54) is 7.11 Å². The molecule has 2 aliphatic heterocycles. The second-order valence-corrected chi connectivity index (χ2v) is 15.4. The van der Waals surface area contributed by atoms with Gasteiger partial charge in [0.2, 0.25) is 6.29 Å². The van der Waals surface area contributed by atoms with Crippen molar-refractivity contribution >= 4 is 106 Å². The number of amides is 4. The van der Waals surface area contributed by atoms with Crippen LogP contribution in [0.25, 0.3) is 0 Å².